The highest BCUT2D eigenvalue weighted by Crippen LogP contribution is 2.24. The van der Waals surface area contributed by atoms with E-state index in [4.69, 9.17) is 11.6 Å². The van der Waals surface area contributed by atoms with Crippen molar-refractivity contribution < 1.29 is 0 Å². The molecule has 2 atom stereocenters. The van der Waals surface area contributed by atoms with Gasteiger partial charge in [-0.25, -0.2) is 0 Å². The second-order valence-electron chi connectivity index (χ2n) is 5.12. The molecule has 0 bridgehead atoms. The highest BCUT2D eigenvalue weighted by molar-refractivity contribution is 6.22. The zero-order valence-corrected chi connectivity index (χ0v) is 12.0. The van der Waals surface area contributed by atoms with Crippen LogP contribution in [0.1, 0.15) is 26.2 Å². The lowest BCUT2D eigenvalue weighted by atomic mass is 9.96. The van der Waals surface area contributed by atoms with E-state index in [1.807, 2.05) is 0 Å². The standard InChI is InChI=1S/C15H24ClN2/c1-2-3-4-5-13-6-7-14(16)15(12-13)18-10-8-17-9-11-18/h2,6-7,12,14-15,17H,3-5,8-11H2,1H3. The first-order valence-corrected chi connectivity index (χ1v) is 7.50. The number of hydrogen-bond donors (Lipinski definition) is 1. The Morgan fingerprint density at radius 1 is 1.44 bits per heavy atom. The Bertz CT molecular complexity index is 306. The van der Waals surface area contributed by atoms with Crippen molar-refractivity contribution in [3.8, 4) is 0 Å². The van der Waals surface area contributed by atoms with E-state index < -0.39 is 0 Å². The Kier molecular flexibility index (Phi) is 5.74. The van der Waals surface area contributed by atoms with Crippen molar-refractivity contribution in [1.82, 2.24) is 10.2 Å². The zero-order chi connectivity index (χ0) is 12.8. The molecule has 101 valence electrons. The number of nitrogens with one attached hydrogen (secondary N) is 1. The van der Waals surface area contributed by atoms with Gasteiger partial charge in [-0.3, -0.25) is 4.90 Å². The van der Waals surface area contributed by atoms with Crippen LogP contribution < -0.4 is 5.32 Å². The molecular formula is C15H24ClN2. The number of piperazine rings is 1. The maximum Gasteiger partial charge on any atom is 0.0710 e. The van der Waals surface area contributed by atoms with Gasteiger partial charge in [0.05, 0.1) is 5.38 Å². The summed E-state index contributed by atoms with van der Waals surface area (Å²) >= 11 is 6.44. The van der Waals surface area contributed by atoms with Crippen molar-refractivity contribution in [3.05, 3.63) is 30.2 Å². The molecule has 1 aliphatic heterocycles. The molecule has 0 aromatic carbocycles. The van der Waals surface area contributed by atoms with Crippen LogP contribution in [0.3, 0.4) is 0 Å². The van der Waals surface area contributed by atoms with Gasteiger partial charge >= 0.3 is 0 Å². The summed E-state index contributed by atoms with van der Waals surface area (Å²) in [7, 11) is 0. The van der Waals surface area contributed by atoms with E-state index in [-0.39, 0.29) is 5.38 Å². The Morgan fingerprint density at radius 2 is 2.22 bits per heavy atom. The Hall–Kier alpha value is -0.310. The van der Waals surface area contributed by atoms with E-state index in [1.54, 1.807) is 0 Å². The molecule has 0 amide bonds. The van der Waals surface area contributed by atoms with Crippen molar-refractivity contribution in [2.45, 2.75) is 37.6 Å². The molecule has 0 spiro atoms. The number of unbranched alkanes of at least 4 members (excludes halogenated alkanes) is 2. The molecule has 1 N–H and O–H groups in total. The summed E-state index contributed by atoms with van der Waals surface area (Å²) in [5.74, 6) is 0. The molecule has 0 saturated carbocycles. The third kappa shape index (κ3) is 3.84. The van der Waals surface area contributed by atoms with Crippen LogP contribution >= 0.6 is 11.6 Å². The minimum atomic E-state index is 0.129. The molecular weight excluding hydrogens is 244 g/mol. The summed E-state index contributed by atoms with van der Waals surface area (Å²) in [6.45, 7) is 6.50. The topological polar surface area (TPSA) is 15.3 Å². The van der Waals surface area contributed by atoms with Crippen LogP contribution in [0.15, 0.2) is 23.8 Å². The number of hydrogen-bond acceptors (Lipinski definition) is 2. The lowest BCUT2D eigenvalue weighted by Crippen LogP contribution is -2.50. The normalized spacial score (nSPS) is 29.3. The van der Waals surface area contributed by atoms with Crippen molar-refractivity contribution in [2.75, 3.05) is 26.2 Å². The molecule has 1 aliphatic carbocycles. The first-order chi connectivity index (χ1) is 8.81. The van der Waals surface area contributed by atoms with E-state index in [0.29, 0.717) is 6.04 Å². The van der Waals surface area contributed by atoms with Gasteiger partial charge in [-0.15, -0.1) is 11.6 Å². The fourth-order valence-electron chi connectivity index (χ4n) is 2.66. The van der Waals surface area contributed by atoms with Gasteiger partial charge in [0.2, 0.25) is 0 Å². The maximum atomic E-state index is 6.44. The molecule has 2 rings (SSSR count). The van der Waals surface area contributed by atoms with Crippen LogP contribution in [0.5, 0.6) is 0 Å². The van der Waals surface area contributed by atoms with E-state index in [2.05, 4.69) is 41.8 Å². The smallest absolute Gasteiger partial charge is 0.0710 e. The number of allylic oxidation sites excluding steroid dienone is 2. The largest absolute Gasteiger partial charge is 0.314 e. The first-order valence-electron chi connectivity index (χ1n) is 7.07. The molecule has 1 saturated heterocycles. The van der Waals surface area contributed by atoms with Gasteiger partial charge in [-0.1, -0.05) is 37.1 Å². The summed E-state index contributed by atoms with van der Waals surface area (Å²) in [4.78, 5) is 2.50. The third-order valence-corrected chi connectivity index (χ3v) is 4.14. The monoisotopic (exact) mass is 267 g/mol. The summed E-state index contributed by atoms with van der Waals surface area (Å²) < 4.78 is 0. The van der Waals surface area contributed by atoms with Crippen molar-refractivity contribution in [2.24, 2.45) is 0 Å². The van der Waals surface area contributed by atoms with Gasteiger partial charge in [-0.2, -0.15) is 0 Å². The third-order valence-electron chi connectivity index (χ3n) is 3.74. The highest BCUT2D eigenvalue weighted by Gasteiger charge is 2.26. The molecule has 18 heavy (non-hydrogen) atoms. The predicted molar refractivity (Wildman–Crippen MR) is 78.9 cm³/mol. The molecule has 1 radical (unpaired) electrons. The second-order valence-corrected chi connectivity index (χ2v) is 5.63. The van der Waals surface area contributed by atoms with Crippen LogP contribution in [-0.4, -0.2) is 42.5 Å². The van der Waals surface area contributed by atoms with Crippen molar-refractivity contribution in [3.63, 3.8) is 0 Å². The lowest BCUT2D eigenvalue weighted by molar-refractivity contribution is 0.203. The van der Waals surface area contributed by atoms with Crippen LogP contribution in [0.2, 0.25) is 0 Å². The number of rotatable bonds is 5. The first kappa shape index (κ1) is 14.1. The Balaban J connectivity index is 1.93. The SMILES string of the molecule is C[CH]CCCC1=CC(N2CCNCC2)C(Cl)C=C1. The second kappa shape index (κ2) is 7.32. The molecule has 1 heterocycles. The van der Waals surface area contributed by atoms with E-state index in [9.17, 15) is 0 Å². The van der Waals surface area contributed by atoms with Gasteiger partial charge in [0.15, 0.2) is 0 Å². The van der Waals surface area contributed by atoms with Crippen molar-refractivity contribution >= 4 is 11.6 Å². The van der Waals surface area contributed by atoms with Gasteiger partial charge < -0.3 is 5.32 Å². The van der Waals surface area contributed by atoms with E-state index in [0.717, 1.165) is 26.2 Å². The van der Waals surface area contributed by atoms with Gasteiger partial charge in [-0.05, 0) is 19.3 Å². The molecule has 1 fully saturated rings. The average molecular weight is 268 g/mol. The summed E-state index contributed by atoms with van der Waals surface area (Å²) in [5, 5.41) is 3.52. The summed E-state index contributed by atoms with van der Waals surface area (Å²) in [5.41, 5.74) is 1.46. The van der Waals surface area contributed by atoms with Gasteiger partial charge in [0, 0.05) is 32.2 Å². The van der Waals surface area contributed by atoms with Gasteiger partial charge in [0.25, 0.3) is 0 Å². The Morgan fingerprint density at radius 3 is 2.94 bits per heavy atom. The molecule has 2 unspecified atom stereocenters. The quantitative estimate of drug-likeness (QED) is 0.609. The maximum absolute atomic E-state index is 6.44. The molecule has 3 heteroatoms. The number of halogens is 1. The van der Waals surface area contributed by atoms with E-state index in [1.165, 1.54) is 24.8 Å². The number of alkyl halides is 1. The molecule has 0 aromatic heterocycles. The average Bonchev–Trinajstić information content (AvgIpc) is 2.42. The fraction of sp³-hybridized carbons (Fsp3) is 0.667. The van der Waals surface area contributed by atoms with Gasteiger partial charge in [0.1, 0.15) is 0 Å². The fourth-order valence-corrected chi connectivity index (χ4v) is 2.97. The minimum Gasteiger partial charge on any atom is -0.314 e. The predicted octanol–water partition coefficient (Wildman–Crippen LogP) is 2.76. The van der Waals surface area contributed by atoms with Crippen LogP contribution in [-0.2, 0) is 0 Å². The molecule has 2 aliphatic rings. The zero-order valence-electron chi connectivity index (χ0n) is 11.2. The summed E-state index contributed by atoms with van der Waals surface area (Å²) in [6.07, 6.45) is 12.6. The summed E-state index contributed by atoms with van der Waals surface area (Å²) in [6, 6.07) is 0.388. The van der Waals surface area contributed by atoms with Crippen LogP contribution in [0.4, 0.5) is 0 Å². The number of nitrogens with zero attached hydrogens (tertiary/aromatic N) is 1. The Labute approximate surface area is 116 Å². The van der Waals surface area contributed by atoms with Crippen LogP contribution in [0.25, 0.3) is 0 Å². The molecule has 0 aromatic rings. The van der Waals surface area contributed by atoms with Crippen LogP contribution in [0, 0.1) is 6.42 Å². The van der Waals surface area contributed by atoms with E-state index >= 15 is 0 Å². The lowest BCUT2D eigenvalue weighted by Gasteiger charge is -2.36. The highest BCUT2D eigenvalue weighted by atomic mass is 35.5. The molecule has 2 nitrogen and oxygen atoms in total. The minimum absolute atomic E-state index is 0.129. The van der Waals surface area contributed by atoms with Crippen molar-refractivity contribution in [1.29, 1.82) is 0 Å².